The highest BCUT2D eigenvalue weighted by Gasteiger charge is 2.16. The van der Waals surface area contributed by atoms with E-state index in [0.29, 0.717) is 6.42 Å². The minimum Gasteiger partial charge on any atom is -0.327 e. The van der Waals surface area contributed by atoms with Crippen molar-refractivity contribution in [1.82, 2.24) is 0 Å². The molecule has 0 amide bonds. The highest BCUT2D eigenvalue weighted by Crippen LogP contribution is 2.13. The van der Waals surface area contributed by atoms with Crippen LogP contribution in [0, 0.1) is 5.92 Å². The summed E-state index contributed by atoms with van der Waals surface area (Å²) in [6.07, 6.45) is 1.47. The smallest absolute Gasteiger partial charge is 0.137 e. The summed E-state index contributed by atoms with van der Waals surface area (Å²) in [6.45, 7) is 3.79. The molecule has 1 aromatic rings. The van der Waals surface area contributed by atoms with E-state index in [4.69, 9.17) is 5.73 Å². The molecular weight excluding hydrogens is 194 g/mol. The lowest BCUT2D eigenvalue weighted by atomic mass is 9.96. The maximum absolute atomic E-state index is 11.6. The first-order valence-electron chi connectivity index (χ1n) is 4.92. The Morgan fingerprint density at radius 1 is 1.57 bits per heavy atom. The van der Waals surface area contributed by atoms with Crippen LogP contribution in [0.25, 0.3) is 0 Å². The molecular formula is C11H17NOS. The Kier molecular flexibility index (Phi) is 4.29. The molecule has 78 valence electrons. The molecule has 0 aliphatic rings. The van der Waals surface area contributed by atoms with Gasteiger partial charge in [0.1, 0.15) is 5.78 Å². The number of rotatable bonds is 5. The van der Waals surface area contributed by atoms with E-state index in [1.807, 2.05) is 25.3 Å². The van der Waals surface area contributed by atoms with E-state index in [9.17, 15) is 4.79 Å². The third kappa shape index (κ3) is 3.24. The molecule has 0 aliphatic heterocycles. The molecule has 1 aromatic heterocycles. The third-order valence-electron chi connectivity index (χ3n) is 2.49. The summed E-state index contributed by atoms with van der Waals surface area (Å²) in [4.78, 5) is 12.9. The minimum atomic E-state index is -0.0363. The number of Topliss-reactive ketones (excluding diaryl/α,β-unsaturated/α-hetero) is 1. The fourth-order valence-corrected chi connectivity index (χ4v) is 1.93. The predicted octanol–water partition coefficient (Wildman–Crippen LogP) is 2.23. The van der Waals surface area contributed by atoms with Gasteiger partial charge in [0.25, 0.3) is 0 Å². The average molecular weight is 211 g/mol. The number of hydrogen-bond acceptors (Lipinski definition) is 3. The molecule has 0 aromatic carbocycles. The Labute approximate surface area is 89.1 Å². The van der Waals surface area contributed by atoms with Crippen molar-refractivity contribution in [3.8, 4) is 0 Å². The molecule has 2 N–H and O–H groups in total. The topological polar surface area (TPSA) is 43.1 Å². The number of ketones is 1. The second-order valence-corrected chi connectivity index (χ2v) is 4.73. The van der Waals surface area contributed by atoms with Gasteiger partial charge in [-0.1, -0.05) is 13.0 Å². The quantitative estimate of drug-likeness (QED) is 0.811. The van der Waals surface area contributed by atoms with Gasteiger partial charge in [-0.05, 0) is 24.8 Å². The molecule has 0 aliphatic carbocycles. The van der Waals surface area contributed by atoms with Gasteiger partial charge in [-0.2, -0.15) is 0 Å². The number of carbonyl (C=O) groups excluding carboxylic acids is 1. The maximum Gasteiger partial charge on any atom is 0.137 e. The molecule has 2 unspecified atom stereocenters. The molecule has 2 atom stereocenters. The summed E-state index contributed by atoms with van der Waals surface area (Å²) in [5.74, 6) is 0.253. The van der Waals surface area contributed by atoms with Crippen molar-refractivity contribution in [2.75, 3.05) is 0 Å². The van der Waals surface area contributed by atoms with Crippen LogP contribution in [-0.2, 0) is 11.2 Å². The lowest BCUT2D eigenvalue weighted by Crippen LogP contribution is -2.30. The van der Waals surface area contributed by atoms with E-state index < -0.39 is 0 Å². The van der Waals surface area contributed by atoms with Gasteiger partial charge in [0.05, 0.1) is 0 Å². The standard InChI is InChI=1S/C11H17NOS/c1-8(9(2)12)11(13)6-5-10-4-3-7-14-10/h3-4,7-9H,5-6,12H2,1-2H3. The van der Waals surface area contributed by atoms with Gasteiger partial charge in [-0.15, -0.1) is 11.3 Å². The van der Waals surface area contributed by atoms with Gasteiger partial charge >= 0.3 is 0 Å². The number of nitrogens with two attached hydrogens (primary N) is 1. The van der Waals surface area contributed by atoms with Gasteiger partial charge in [0.15, 0.2) is 0 Å². The summed E-state index contributed by atoms with van der Waals surface area (Å²) >= 11 is 1.70. The zero-order valence-electron chi connectivity index (χ0n) is 8.69. The van der Waals surface area contributed by atoms with Gasteiger partial charge < -0.3 is 5.73 Å². The molecule has 0 radical (unpaired) electrons. The second-order valence-electron chi connectivity index (χ2n) is 3.69. The Bertz CT molecular complexity index is 279. The number of thiophene rings is 1. The summed E-state index contributed by atoms with van der Waals surface area (Å²) in [6, 6.07) is 4.04. The summed E-state index contributed by atoms with van der Waals surface area (Å²) in [7, 11) is 0. The number of hydrogen-bond donors (Lipinski definition) is 1. The Balaban J connectivity index is 2.35. The molecule has 3 heteroatoms. The second kappa shape index (κ2) is 5.27. The minimum absolute atomic E-state index is 0.0186. The van der Waals surface area contributed by atoms with Gasteiger partial charge in [0, 0.05) is 23.3 Å². The van der Waals surface area contributed by atoms with Gasteiger partial charge in [-0.3, -0.25) is 4.79 Å². The van der Waals surface area contributed by atoms with Crippen LogP contribution in [0.2, 0.25) is 0 Å². The molecule has 0 bridgehead atoms. The molecule has 1 rings (SSSR count). The van der Waals surface area contributed by atoms with Crippen molar-refractivity contribution in [2.24, 2.45) is 11.7 Å². The molecule has 0 saturated heterocycles. The summed E-state index contributed by atoms with van der Waals surface area (Å²) in [5.41, 5.74) is 5.67. The van der Waals surface area contributed by atoms with E-state index >= 15 is 0 Å². The molecule has 2 nitrogen and oxygen atoms in total. The van der Waals surface area contributed by atoms with E-state index in [1.165, 1.54) is 4.88 Å². The molecule has 14 heavy (non-hydrogen) atoms. The lowest BCUT2D eigenvalue weighted by molar-refractivity contribution is -0.122. The van der Waals surface area contributed by atoms with Crippen LogP contribution in [0.3, 0.4) is 0 Å². The van der Waals surface area contributed by atoms with E-state index in [-0.39, 0.29) is 17.7 Å². The lowest BCUT2D eigenvalue weighted by Gasteiger charge is -2.13. The number of aryl methyl sites for hydroxylation is 1. The highest BCUT2D eigenvalue weighted by atomic mass is 32.1. The van der Waals surface area contributed by atoms with Crippen molar-refractivity contribution in [1.29, 1.82) is 0 Å². The maximum atomic E-state index is 11.6. The Morgan fingerprint density at radius 3 is 2.79 bits per heavy atom. The van der Waals surface area contributed by atoms with Crippen molar-refractivity contribution in [3.05, 3.63) is 22.4 Å². The van der Waals surface area contributed by atoms with Gasteiger partial charge in [0.2, 0.25) is 0 Å². The van der Waals surface area contributed by atoms with Crippen molar-refractivity contribution in [2.45, 2.75) is 32.7 Å². The summed E-state index contributed by atoms with van der Waals surface area (Å²) < 4.78 is 0. The first-order chi connectivity index (χ1) is 6.61. The van der Waals surface area contributed by atoms with Crippen LogP contribution < -0.4 is 5.73 Å². The molecule has 1 heterocycles. The van der Waals surface area contributed by atoms with Crippen LogP contribution in [0.4, 0.5) is 0 Å². The predicted molar refractivity (Wildman–Crippen MR) is 60.5 cm³/mol. The van der Waals surface area contributed by atoms with E-state index in [2.05, 4.69) is 6.07 Å². The first-order valence-corrected chi connectivity index (χ1v) is 5.80. The summed E-state index contributed by atoms with van der Waals surface area (Å²) in [5, 5.41) is 2.04. The normalized spacial score (nSPS) is 15.1. The molecule has 0 fully saturated rings. The largest absolute Gasteiger partial charge is 0.327 e. The van der Waals surface area contributed by atoms with Crippen LogP contribution in [0.5, 0.6) is 0 Å². The Hall–Kier alpha value is -0.670. The third-order valence-corrected chi connectivity index (χ3v) is 3.43. The monoisotopic (exact) mass is 211 g/mol. The highest BCUT2D eigenvalue weighted by molar-refractivity contribution is 7.09. The van der Waals surface area contributed by atoms with Crippen LogP contribution in [-0.4, -0.2) is 11.8 Å². The van der Waals surface area contributed by atoms with Crippen LogP contribution in [0.1, 0.15) is 25.1 Å². The zero-order valence-corrected chi connectivity index (χ0v) is 9.51. The first kappa shape index (κ1) is 11.4. The Morgan fingerprint density at radius 2 is 2.29 bits per heavy atom. The van der Waals surface area contributed by atoms with Crippen LogP contribution in [0.15, 0.2) is 17.5 Å². The fourth-order valence-electron chi connectivity index (χ4n) is 1.22. The zero-order chi connectivity index (χ0) is 10.6. The van der Waals surface area contributed by atoms with Gasteiger partial charge in [-0.25, -0.2) is 0 Å². The molecule has 0 saturated carbocycles. The average Bonchev–Trinajstić information content (AvgIpc) is 2.65. The van der Waals surface area contributed by atoms with Crippen molar-refractivity contribution < 1.29 is 4.79 Å². The van der Waals surface area contributed by atoms with Crippen molar-refractivity contribution >= 4 is 17.1 Å². The molecule has 0 spiro atoms. The number of carbonyl (C=O) groups is 1. The van der Waals surface area contributed by atoms with E-state index in [0.717, 1.165) is 6.42 Å². The van der Waals surface area contributed by atoms with Crippen molar-refractivity contribution in [3.63, 3.8) is 0 Å². The van der Waals surface area contributed by atoms with E-state index in [1.54, 1.807) is 11.3 Å². The SMILES string of the molecule is CC(N)C(C)C(=O)CCc1cccs1. The fraction of sp³-hybridized carbons (Fsp3) is 0.545. The van der Waals surface area contributed by atoms with Crippen LogP contribution >= 0.6 is 11.3 Å².